The highest BCUT2D eigenvalue weighted by Crippen LogP contribution is 2.25. The number of benzene rings is 1. The molecule has 0 fully saturated rings. The third kappa shape index (κ3) is 5.67. The van der Waals surface area contributed by atoms with Crippen LogP contribution in [-0.2, 0) is 12.8 Å². The molecule has 0 saturated carbocycles. The summed E-state index contributed by atoms with van der Waals surface area (Å²) in [6, 6.07) is 4.32. The zero-order valence-electron chi connectivity index (χ0n) is 13.0. The molecule has 0 bridgehead atoms. The van der Waals surface area contributed by atoms with E-state index in [-0.39, 0.29) is 0 Å². The van der Waals surface area contributed by atoms with Crippen molar-refractivity contribution in [2.45, 2.75) is 78.6 Å². The molecule has 0 aromatic heterocycles. The highest BCUT2D eigenvalue weighted by atomic mass is 16.3. The molecule has 0 saturated heterocycles. The first-order valence-corrected chi connectivity index (χ1v) is 8.00. The van der Waals surface area contributed by atoms with Crippen LogP contribution < -0.4 is 0 Å². The summed E-state index contributed by atoms with van der Waals surface area (Å²) < 4.78 is 0. The third-order valence-electron chi connectivity index (χ3n) is 3.89. The van der Waals surface area contributed by atoms with E-state index in [1.165, 1.54) is 50.5 Å². The molecule has 0 heterocycles. The fraction of sp³-hybridized carbons (Fsp3) is 0.667. The minimum atomic E-state index is 0.491. The Labute approximate surface area is 119 Å². The zero-order valence-corrected chi connectivity index (χ0v) is 13.0. The molecule has 0 aliphatic carbocycles. The largest absolute Gasteiger partial charge is 0.507 e. The lowest BCUT2D eigenvalue weighted by Gasteiger charge is -2.09. The van der Waals surface area contributed by atoms with Gasteiger partial charge in [0.1, 0.15) is 5.75 Å². The van der Waals surface area contributed by atoms with Gasteiger partial charge in [-0.3, -0.25) is 0 Å². The van der Waals surface area contributed by atoms with Gasteiger partial charge in [0.15, 0.2) is 0 Å². The van der Waals surface area contributed by atoms with Gasteiger partial charge in [-0.1, -0.05) is 64.5 Å². The first-order valence-electron chi connectivity index (χ1n) is 8.00. The minimum Gasteiger partial charge on any atom is -0.507 e. The Hall–Kier alpha value is -0.980. The molecule has 1 rings (SSSR count). The van der Waals surface area contributed by atoms with Crippen molar-refractivity contribution in [1.29, 1.82) is 0 Å². The molecule has 0 aliphatic rings. The second kappa shape index (κ2) is 9.01. The zero-order chi connectivity index (χ0) is 14.1. The van der Waals surface area contributed by atoms with Gasteiger partial charge in [-0.2, -0.15) is 0 Å². The predicted octanol–water partition coefficient (Wildman–Crippen LogP) is 5.56. The number of unbranched alkanes of at least 4 members (excludes halogenated alkanes) is 6. The van der Waals surface area contributed by atoms with Crippen molar-refractivity contribution in [1.82, 2.24) is 0 Å². The Kier molecular flexibility index (Phi) is 7.62. The number of aromatic hydroxyl groups is 1. The Bertz CT molecular complexity index is 368. The Morgan fingerprint density at radius 3 is 2.16 bits per heavy atom. The van der Waals surface area contributed by atoms with Crippen molar-refractivity contribution in [2.24, 2.45) is 0 Å². The van der Waals surface area contributed by atoms with Gasteiger partial charge in [0.25, 0.3) is 0 Å². The average molecular weight is 262 g/mol. The van der Waals surface area contributed by atoms with Crippen LogP contribution in [0.2, 0.25) is 0 Å². The maximum Gasteiger partial charge on any atom is 0.121 e. The maximum absolute atomic E-state index is 9.91. The van der Waals surface area contributed by atoms with Crippen LogP contribution in [0.1, 0.15) is 75.5 Å². The number of phenols is 1. The van der Waals surface area contributed by atoms with Gasteiger partial charge in [0, 0.05) is 0 Å². The first-order chi connectivity index (χ1) is 9.19. The molecule has 0 atom stereocenters. The molecule has 1 N–H and O–H groups in total. The van der Waals surface area contributed by atoms with Crippen LogP contribution in [0.3, 0.4) is 0 Å². The summed E-state index contributed by atoms with van der Waals surface area (Å²) in [4.78, 5) is 0. The summed E-state index contributed by atoms with van der Waals surface area (Å²) in [6.45, 7) is 6.37. The van der Waals surface area contributed by atoms with Crippen molar-refractivity contribution >= 4 is 0 Å². The van der Waals surface area contributed by atoms with Crippen molar-refractivity contribution in [2.75, 3.05) is 0 Å². The van der Waals surface area contributed by atoms with Crippen molar-refractivity contribution in [3.63, 3.8) is 0 Å². The van der Waals surface area contributed by atoms with E-state index in [0.717, 1.165) is 24.0 Å². The van der Waals surface area contributed by atoms with Crippen LogP contribution in [0.25, 0.3) is 0 Å². The van der Waals surface area contributed by atoms with E-state index >= 15 is 0 Å². The summed E-state index contributed by atoms with van der Waals surface area (Å²) in [5.41, 5.74) is 3.51. The quantitative estimate of drug-likeness (QED) is 0.578. The van der Waals surface area contributed by atoms with Crippen molar-refractivity contribution in [3.8, 4) is 5.75 Å². The Balaban J connectivity index is 2.31. The summed E-state index contributed by atoms with van der Waals surface area (Å²) in [6.07, 6.45) is 11.6. The molecule has 19 heavy (non-hydrogen) atoms. The number of rotatable bonds is 9. The molecular weight excluding hydrogens is 232 g/mol. The predicted molar refractivity (Wildman–Crippen MR) is 83.9 cm³/mol. The van der Waals surface area contributed by atoms with Crippen LogP contribution in [0.15, 0.2) is 12.1 Å². The number of phenolic OH excluding ortho intramolecular Hbond substituents is 1. The van der Waals surface area contributed by atoms with Crippen LogP contribution in [0.5, 0.6) is 5.75 Å². The van der Waals surface area contributed by atoms with Gasteiger partial charge in [-0.15, -0.1) is 0 Å². The van der Waals surface area contributed by atoms with Crippen LogP contribution in [-0.4, -0.2) is 5.11 Å². The van der Waals surface area contributed by atoms with Gasteiger partial charge >= 0.3 is 0 Å². The highest BCUT2D eigenvalue weighted by molar-refractivity contribution is 5.43. The first kappa shape index (κ1) is 16.1. The SMILES string of the molecule is CCCCCCCCCc1cc(C)c(O)c(CC)c1. The molecule has 1 heteroatoms. The molecular formula is C18H30O. The van der Waals surface area contributed by atoms with Crippen LogP contribution in [0.4, 0.5) is 0 Å². The van der Waals surface area contributed by atoms with Gasteiger partial charge < -0.3 is 5.11 Å². The fourth-order valence-corrected chi connectivity index (χ4v) is 2.63. The van der Waals surface area contributed by atoms with Crippen molar-refractivity contribution < 1.29 is 5.11 Å². The molecule has 1 aromatic carbocycles. The van der Waals surface area contributed by atoms with Crippen molar-refractivity contribution in [3.05, 3.63) is 28.8 Å². The normalized spacial score (nSPS) is 10.9. The van der Waals surface area contributed by atoms with E-state index in [1.807, 2.05) is 6.92 Å². The minimum absolute atomic E-state index is 0.491. The van der Waals surface area contributed by atoms with E-state index in [0.29, 0.717) is 5.75 Å². The molecule has 1 nitrogen and oxygen atoms in total. The molecule has 0 amide bonds. The average Bonchev–Trinajstić information content (AvgIpc) is 2.41. The standard InChI is InChI=1S/C18H30O/c1-4-6-7-8-9-10-11-12-16-13-15(3)18(19)17(5-2)14-16/h13-14,19H,4-12H2,1-3H3. The molecule has 1 aromatic rings. The lowest BCUT2D eigenvalue weighted by Crippen LogP contribution is -1.92. The van der Waals surface area contributed by atoms with Gasteiger partial charge in [-0.05, 0) is 42.9 Å². The molecule has 0 unspecified atom stereocenters. The monoisotopic (exact) mass is 262 g/mol. The third-order valence-corrected chi connectivity index (χ3v) is 3.89. The molecule has 0 aliphatic heterocycles. The summed E-state index contributed by atoms with van der Waals surface area (Å²) in [5.74, 6) is 0.491. The summed E-state index contributed by atoms with van der Waals surface area (Å²) in [5, 5.41) is 9.91. The number of hydrogen-bond donors (Lipinski definition) is 1. The molecule has 108 valence electrons. The van der Waals surface area contributed by atoms with E-state index in [9.17, 15) is 5.11 Å². The van der Waals surface area contributed by atoms with Crippen LogP contribution in [0, 0.1) is 6.92 Å². The van der Waals surface area contributed by atoms with E-state index in [2.05, 4.69) is 26.0 Å². The Morgan fingerprint density at radius 1 is 0.895 bits per heavy atom. The second-order valence-electron chi connectivity index (χ2n) is 5.65. The smallest absolute Gasteiger partial charge is 0.121 e. The topological polar surface area (TPSA) is 20.2 Å². The van der Waals surface area contributed by atoms with Gasteiger partial charge in [0.2, 0.25) is 0 Å². The highest BCUT2D eigenvalue weighted by Gasteiger charge is 2.05. The van der Waals surface area contributed by atoms with Gasteiger partial charge in [-0.25, -0.2) is 0 Å². The summed E-state index contributed by atoms with van der Waals surface area (Å²) >= 11 is 0. The lowest BCUT2D eigenvalue weighted by atomic mass is 9.98. The van der Waals surface area contributed by atoms with E-state index < -0.39 is 0 Å². The van der Waals surface area contributed by atoms with E-state index in [4.69, 9.17) is 0 Å². The lowest BCUT2D eigenvalue weighted by molar-refractivity contribution is 0.464. The number of hydrogen-bond acceptors (Lipinski definition) is 1. The summed E-state index contributed by atoms with van der Waals surface area (Å²) in [7, 11) is 0. The van der Waals surface area contributed by atoms with E-state index in [1.54, 1.807) is 0 Å². The van der Waals surface area contributed by atoms with Gasteiger partial charge in [0.05, 0.1) is 0 Å². The van der Waals surface area contributed by atoms with Crippen LogP contribution >= 0.6 is 0 Å². The molecule has 0 spiro atoms. The Morgan fingerprint density at radius 2 is 1.53 bits per heavy atom. The second-order valence-corrected chi connectivity index (χ2v) is 5.65. The molecule has 0 radical (unpaired) electrons. The fourth-order valence-electron chi connectivity index (χ4n) is 2.63. The number of aryl methyl sites for hydroxylation is 3. The maximum atomic E-state index is 9.91.